The summed E-state index contributed by atoms with van der Waals surface area (Å²) in [5, 5.41) is 18.4. The summed E-state index contributed by atoms with van der Waals surface area (Å²) in [6.07, 6.45) is 12.2. The van der Waals surface area contributed by atoms with E-state index in [1.54, 1.807) is 29.2 Å². The molecule has 0 aromatic carbocycles. The van der Waals surface area contributed by atoms with Crippen molar-refractivity contribution < 1.29 is 9.84 Å². The summed E-state index contributed by atoms with van der Waals surface area (Å²) in [6, 6.07) is 8.70. The van der Waals surface area contributed by atoms with Crippen LogP contribution in [0.15, 0.2) is 66.4 Å². The van der Waals surface area contributed by atoms with Crippen molar-refractivity contribution in [3.05, 3.63) is 88.8 Å². The molecule has 256 valence electrons. The lowest BCUT2D eigenvalue weighted by Crippen LogP contribution is -2.59. The summed E-state index contributed by atoms with van der Waals surface area (Å²) in [5.74, 6) is 1.42. The van der Waals surface area contributed by atoms with Gasteiger partial charge < -0.3 is 24.5 Å². The Hall–Kier alpha value is -5.18. The van der Waals surface area contributed by atoms with Crippen LogP contribution >= 0.6 is 0 Å². The zero-order valence-electron chi connectivity index (χ0n) is 28.3. The second-order valence-corrected chi connectivity index (χ2v) is 14.4. The predicted molar refractivity (Wildman–Crippen MR) is 188 cm³/mol. The van der Waals surface area contributed by atoms with Crippen LogP contribution in [-0.4, -0.2) is 93.5 Å². The Morgan fingerprint density at radius 3 is 2.72 bits per heavy atom. The molecule has 0 bridgehead atoms. The quantitative estimate of drug-likeness (QED) is 0.258. The van der Waals surface area contributed by atoms with Gasteiger partial charge >= 0.3 is 0 Å². The summed E-state index contributed by atoms with van der Waals surface area (Å²) in [7, 11) is 0. The Morgan fingerprint density at radius 1 is 1.08 bits per heavy atom. The molecule has 3 aliphatic rings. The Bertz CT molecular complexity index is 2300. The van der Waals surface area contributed by atoms with Gasteiger partial charge in [0.05, 0.1) is 49.6 Å². The number of rotatable bonds is 7. The van der Waals surface area contributed by atoms with Gasteiger partial charge in [-0.1, -0.05) is 13.8 Å². The van der Waals surface area contributed by atoms with Crippen molar-refractivity contribution in [2.45, 2.75) is 52.3 Å². The molecule has 0 unspecified atom stereocenters. The summed E-state index contributed by atoms with van der Waals surface area (Å²) in [4.78, 5) is 37.4. The first-order valence-corrected chi connectivity index (χ1v) is 17.1. The number of ether oxygens (including phenoxy) is 1. The molecule has 0 saturated carbocycles. The van der Waals surface area contributed by atoms with Gasteiger partial charge in [0.15, 0.2) is 11.5 Å². The fourth-order valence-corrected chi connectivity index (χ4v) is 7.84. The highest BCUT2D eigenvalue weighted by atomic mass is 16.5. The highest BCUT2D eigenvalue weighted by molar-refractivity contribution is 5.74. The van der Waals surface area contributed by atoms with Gasteiger partial charge in [0.2, 0.25) is 0 Å². The maximum absolute atomic E-state index is 13.9. The van der Waals surface area contributed by atoms with Crippen LogP contribution in [0.5, 0.6) is 0 Å². The summed E-state index contributed by atoms with van der Waals surface area (Å²) < 4.78 is 10.5. The van der Waals surface area contributed by atoms with E-state index >= 15 is 0 Å². The lowest BCUT2D eigenvalue weighted by Gasteiger charge is -2.46. The highest BCUT2D eigenvalue weighted by Crippen LogP contribution is 2.37. The van der Waals surface area contributed by atoms with Crippen LogP contribution in [0.3, 0.4) is 0 Å². The van der Waals surface area contributed by atoms with Crippen LogP contribution in [0.25, 0.3) is 28.2 Å². The van der Waals surface area contributed by atoms with E-state index in [0.717, 1.165) is 51.4 Å². The molecule has 6 aromatic rings. The first kappa shape index (κ1) is 30.8. The van der Waals surface area contributed by atoms with E-state index in [1.165, 1.54) is 22.2 Å². The topological polar surface area (TPSA) is 143 Å². The average Bonchev–Trinajstić information content (AvgIpc) is 3.77. The number of anilines is 3. The third-order valence-corrected chi connectivity index (χ3v) is 10.4. The second-order valence-electron chi connectivity index (χ2n) is 14.4. The van der Waals surface area contributed by atoms with Crippen LogP contribution in [-0.2, 0) is 24.2 Å². The minimum Gasteiger partial charge on any atom is -0.392 e. The predicted octanol–water partition coefficient (Wildman–Crippen LogP) is 3.25. The van der Waals surface area contributed by atoms with Gasteiger partial charge in [-0.2, -0.15) is 5.10 Å². The molecule has 14 nitrogen and oxygen atoms in total. The summed E-state index contributed by atoms with van der Waals surface area (Å²) >= 11 is 0. The van der Waals surface area contributed by atoms with E-state index in [1.807, 2.05) is 28.9 Å². The largest absolute Gasteiger partial charge is 0.392 e. The Morgan fingerprint density at radius 2 is 1.96 bits per heavy atom. The third-order valence-electron chi connectivity index (χ3n) is 10.4. The van der Waals surface area contributed by atoms with Crippen LogP contribution in [0.1, 0.15) is 37.6 Å². The molecule has 0 spiro atoms. The molecule has 1 atom stereocenters. The van der Waals surface area contributed by atoms with Gasteiger partial charge in [-0.25, -0.2) is 24.5 Å². The number of aromatic nitrogens is 8. The molecule has 9 rings (SSSR count). The zero-order chi connectivity index (χ0) is 34.1. The van der Waals surface area contributed by atoms with Crippen molar-refractivity contribution in [3.8, 4) is 17.1 Å². The third kappa shape index (κ3) is 5.13. The fourth-order valence-electron chi connectivity index (χ4n) is 7.84. The Balaban J connectivity index is 1.02. The number of nitrogens with zero attached hydrogens (tertiary/aromatic N) is 10. The average molecular weight is 674 g/mol. The maximum atomic E-state index is 13.9. The molecule has 2 aliphatic heterocycles. The zero-order valence-corrected chi connectivity index (χ0v) is 28.3. The summed E-state index contributed by atoms with van der Waals surface area (Å²) in [5.41, 5.74) is 6.17. The first-order valence-electron chi connectivity index (χ1n) is 17.1. The number of fused-ring (bicyclic) bond motifs is 4. The molecule has 0 amide bonds. The van der Waals surface area contributed by atoms with Crippen LogP contribution in [0.4, 0.5) is 17.3 Å². The molecular weight excluding hydrogens is 634 g/mol. The van der Waals surface area contributed by atoms with Gasteiger partial charge in [-0.05, 0) is 55.0 Å². The molecule has 14 heteroatoms. The van der Waals surface area contributed by atoms with E-state index in [-0.39, 0.29) is 17.6 Å². The van der Waals surface area contributed by atoms with Gasteiger partial charge in [-0.15, -0.1) is 0 Å². The standard InChI is InChI=1S/C36H39N11O3/c1-22-16-43(25-19-50-20-25)8-9-44(22)24-4-5-31(38-15-24)42-32-34-39-21-40-47(34)17-28(41-32)26-6-7-37-33(27(26)18-48)46-11-10-45-29(35(46)49)12-23-13-36(2,3)14-30(23)45/h4-7,10-12,15,17,21-22,25,48H,8-9,13-14,16,18-20H2,1-3H3,(H,38,41,42)/t22-/m0/s1. The number of aliphatic hydroxyl groups is 1. The van der Waals surface area contributed by atoms with Crippen molar-refractivity contribution in [3.63, 3.8) is 0 Å². The molecule has 50 heavy (non-hydrogen) atoms. The van der Waals surface area contributed by atoms with E-state index in [0.29, 0.717) is 57.5 Å². The summed E-state index contributed by atoms with van der Waals surface area (Å²) in [6.45, 7) is 11.0. The molecule has 6 aromatic heterocycles. The van der Waals surface area contributed by atoms with Crippen LogP contribution in [0.2, 0.25) is 0 Å². The number of piperazine rings is 1. The van der Waals surface area contributed by atoms with E-state index in [2.05, 4.69) is 57.0 Å². The Labute approximate surface area is 288 Å². The molecule has 2 fully saturated rings. The van der Waals surface area contributed by atoms with Crippen molar-refractivity contribution in [2.24, 2.45) is 5.41 Å². The van der Waals surface area contributed by atoms with Crippen molar-refractivity contribution in [1.82, 2.24) is 43.4 Å². The number of pyridine rings is 2. The van der Waals surface area contributed by atoms with Gasteiger partial charge in [0.1, 0.15) is 23.5 Å². The minimum absolute atomic E-state index is 0.173. The SMILES string of the molecule is C[C@H]1CN(C2COC2)CCN1c1ccc(Nc2nc(-c3ccnc(-n4ccn5c6c(cc5c4=O)CC(C)(C)C6)c3CO)cn3ncnc23)nc1. The smallest absolute Gasteiger partial charge is 0.280 e. The van der Waals surface area contributed by atoms with E-state index in [9.17, 15) is 9.90 Å². The normalized spacial score (nSPS) is 19.3. The monoisotopic (exact) mass is 673 g/mol. The van der Waals surface area contributed by atoms with Crippen molar-refractivity contribution in [1.29, 1.82) is 0 Å². The van der Waals surface area contributed by atoms with Gasteiger partial charge in [0, 0.05) is 61.1 Å². The molecule has 2 N–H and O–H groups in total. The lowest BCUT2D eigenvalue weighted by atomic mass is 9.90. The number of hydrogen-bond acceptors (Lipinski definition) is 11. The van der Waals surface area contributed by atoms with E-state index < -0.39 is 0 Å². The highest BCUT2D eigenvalue weighted by Gasteiger charge is 2.33. The second kappa shape index (κ2) is 11.7. The lowest BCUT2D eigenvalue weighted by molar-refractivity contribution is -0.0691. The van der Waals surface area contributed by atoms with Crippen molar-refractivity contribution in [2.75, 3.05) is 43.1 Å². The van der Waals surface area contributed by atoms with Gasteiger partial charge in [0.25, 0.3) is 5.56 Å². The molecule has 0 radical (unpaired) electrons. The fraction of sp³-hybridized carbons (Fsp3) is 0.389. The number of aliphatic hydroxyl groups excluding tert-OH is 1. The van der Waals surface area contributed by atoms with Gasteiger partial charge in [-0.3, -0.25) is 14.3 Å². The molecule has 1 aliphatic carbocycles. The molecule has 2 saturated heterocycles. The Kier molecular flexibility index (Phi) is 7.23. The van der Waals surface area contributed by atoms with Crippen molar-refractivity contribution >= 4 is 28.5 Å². The first-order chi connectivity index (χ1) is 24.3. The number of nitrogens with one attached hydrogen (secondary N) is 1. The molecular formula is C36H39N11O3. The van der Waals surface area contributed by atoms with Crippen LogP contribution in [0, 0.1) is 5.41 Å². The van der Waals surface area contributed by atoms with Crippen LogP contribution < -0.4 is 15.8 Å². The maximum Gasteiger partial charge on any atom is 0.280 e. The number of hydrogen-bond donors (Lipinski definition) is 2. The minimum atomic E-state index is -0.355. The molecule has 8 heterocycles. The van der Waals surface area contributed by atoms with E-state index in [4.69, 9.17) is 14.7 Å².